The van der Waals surface area contributed by atoms with Gasteiger partial charge in [-0.2, -0.15) is 0 Å². The van der Waals surface area contributed by atoms with E-state index in [0.29, 0.717) is 12.8 Å². The molecule has 0 spiro atoms. The summed E-state index contributed by atoms with van der Waals surface area (Å²) in [6, 6.07) is 9.38. The molecule has 1 fully saturated rings. The second-order valence-corrected chi connectivity index (χ2v) is 7.57. The third kappa shape index (κ3) is 3.46. The Balaban J connectivity index is 2.23. The van der Waals surface area contributed by atoms with E-state index in [1.807, 2.05) is 30.3 Å². The predicted molar refractivity (Wildman–Crippen MR) is 82.9 cm³/mol. The van der Waals surface area contributed by atoms with Crippen molar-refractivity contribution in [2.75, 3.05) is 0 Å². The Kier molecular flexibility index (Phi) is 4.16. The lowest BCUT2D eigenvalue weighted by Crippen LogP contribution is -2.43. The van der Waals surface area contributed by atoms with Crippen LogP contribution in [0.4, 0.5) is 0 Å². The monoisotopic (exact) mass is 290 g/mol. The molecule has 0 bridgehead atoms. The van der Waals surface area contributed by atoms with Crippen LogP contribution in [0, 0.1) is 10.8 Å². The number of hydrogen-bond donors (Lipinski definition) is 2. The fourth-order valence-corrected chi connectivity index (χ4v) is 3.43. The third-order valence-corrected chi connectivity index (χ3v) is 5.09. The van der Waals surface area contributed by atoms with E-state index >= 15 is 0 Å². The van der Waals surface area contributed by atoms with Gasteiger partial charge in [-0.05, 0) is 50.0 Å². The van der Waals surface area contributed by atoms with Gasteiger partial charge < -0.3 is 10.2 Å². The Morgan fingerprint density at radius 1 is 1.14 bits per heavy atom. The zero-order valence-electron chi connectivity index (χ0n) is 13.2. The van der Waals surface area contributed by atoms with Crippen LogP contribution in [0.15, 0.2) is 30.3 Å². The maximum atomic E-state index is 11.9. The first kappa shape index (κ1) is 16.0. The first-order valence-corrected chi connectivity index (χ1v) is 7.68. The molecule has 0 amide bonds. The van der Waals surface area contributed by atoms with Crippen LogP contribution in [0.1, 0.15) is 58.4 Å². The predicted octanol–water partition coefficient (Wildman–Crippen LogP) is 3.96. The Morgan fingerprint density at radius 3 is 2.14 bits per heavy atom. The second kappa shape index (κ2) is 5.45. The lowest BCUT2D eigenvalue weighted by molar-refractivity contribution is -0.158. The maximum Gasteiger partial charge on any atom is 0.309 e. The molecule has 116 valence electrons. The minimum absolute atomic E-state index is 0.206. The molecule has 0 aliphatic heterocycles. The van der Waals surface area contributed by atoms with Crippen molar-refractivity contribution >= 4 is 5.97 Å². The van der Waals surface area contributed by atoms with Crippen LogP contribution in [-0.4, -0.2) is 16.2 Å². The van der Waals surface area contributed by atoms with Gasteiger partial charge in [0, 0.05) is 0 Å². The number of carbonyl (C=O) groups is 1. The summed E-state index contributed by atoms with van der Waals surface area (Å²) in [5.41, 5.74) is -0.927. The zero-order valence-corrected chi connectivity index (χ0v) is 13.2. The van der Waals surface area contributed by atoms with Crippen molar-refractivity contribution in [2.45, 2.75) is 58.5 Å². The van der Waals surface area contributed by atoms with Crippen LogP contribution in [-0.2, 0) is 10.4 Å². The van der Waals surface area contributed by atoms with Crippen molar-refractivity contribution in [3.63, 3.8) is 0 Å². The van der Waals surface area contributed by atoms with Gasteiger partial charge in [0.15, 0.2) is 0 Å². The van der Waals surface area contributed by atoms with Gasteiger partial charge in [-0.25, -0.2) is 0 Å². The van der Waals surface area contributed by atoms with Gasteiger partial charge >= 0.3 is 5.97 Å². The molecule has 3 nitrogen and oxygen atoms in total. The van der Waals surface area contributed by atoms with Crippen LogP contribution < -0.4 is 0 Å². The van der Waals surface area contributed by atoms with Gasteiger partial charge in [0.2, 0.25) is 0 Å². The minimum atomic E-state index is -1.11. The van der Waals surface area contributed by atoms with Crippen molar-refractivity contribution in [2.24, 2.45) is 10.8 Å². The van der Waals surface area contributed by atoms with E-state index in [1.54, 1.807) is 6.92 Å². The van der Waals surface area contributed by atoms with Gasteiger partial charge in [-0.3, -0.25) is 4.79 Å². The van der Waals surface area contributed by atoms with E-state index < -0.39 is 17.0 Å². The molecule has 1 unspecified atom stereocenters. The first-order chi connectivity index (χ1) is 9.67. The molecular weight excluding hydrogens is 264 g/mol. The molecule has 2 N–H and O–H groups in total. The molecule has 0 heterocycles. The molecule has 1 aliphatic rings. The van der Waals surface area contributed by atoms with E-state index in [4.69, 9.17) is 0 Å². The lowest BCUT2D eigenvalue weighted by Gasteiger charge is -2.44. The maximum absolute atomic E-state index is 11.9. The Labute approximate surface area is 127 Å². The van der Waals surface area contributed by atoms with Gasteiger partial charge in [0.1, 0.15) is 0 Å². The normalized spacial score (nSPS) is 23.2. The largest absolute Gasteiger partial charge is 0.481 e. The summed E-state index contributed by atoms with van der Waals surface area (Å²) in [5, 5.41) is 20.6. The zero-order chi connectivity index (χ0) is 15.7. The molecule has 1 saturated carbocycles. The highest BCUT2D eigenvalue weighted by Crippen LogP contribution is 2.50. The smallest absolute Gasteiger partial charge is 0.309 e. The van der Waals surface area contributed by atoms with Crippen molar-refractivity contribution in [1.29, 1.82) is 0 Å². The average molecular weight is 290 g/mol. The van der Waals surface area contributed by atoms with E-state index in [0.717, 1.165) is 18.4 Å². The van der Waals surface area contributed by atoms with Crippen LogP contribution in [0.5, 0.6) is 0 Å². The molecular formula is C18H26O3. The Hall–Kier alpha value is -1.35. The van der Waals surface area contributed by atoms with Crippen LogP contribution in [0.25, 0.3) is 0 Å². The number of carboxylic acid groups (broad SMARTS) is 1. The fourth-order valence-electron chi connectivity index (χ4n) is 3.43. The molecule has 0 aromatic heterocycles. The first-order valence-electron chi connectivity index (χ1n) is 7.68. The summed E-state index contributed by atoms with van der Waals surface area (Å²) in [6.45, 7) is 6.11. The summed E-state index contributed by atoms with van der Waals surface area (Å²) < 4.78 is 0. The van der Waals surface area contributed by atoms with E-state index in [1.165, 1.54) is 0 Å². The fraction of sp³-hybridized carbons (Fsp3) is 0.611. The number of aliphatic carboxylic acids is 1. The number of aliphatic hydroxyl groups is 1. The molecule has 21 heavy (non-hydrogen) atoms. The highest BCUT2D eigenvalue weighted by atomic mass is 16.4. The van der Waals surface area contributed by atoms with Crippen molar-refractivity contribution < 1.29 is 15.0 Å². The van der Waals surface area contributed by atoms with Crippen LogP contribution in [0.3, 0.4) is 0 Å². The molecule has 1 aromatic carbocycles. The molecule has 1 atom stereocenters. The topological polar surface area (TPSA) is 57.5 Å². The quantitative estimate of drug-likeness (QED) is 0.882. The Morgan fingerprint density at radius 2 is 1.67 bits per heavy atom. The molecule has 0 saturated heterocycles. The third-order valence-electron chi connectivity index (χ3n) is 5.09. The molecule has 1 aliphatic carbocycles. The second-order valence-electron chi connectivity index (χ2n) is 7.57. The summed E-state index contributed by atoms with van der Waals surface area (Å²) >= 11 is 0. The van der Waals surface area contributed by atoms with E-state index in [-0.39, 0.29) is 11.8 Å². The summed E-state index contributed by atoms with van der Waals surface area (Å²) in [7, 11) is 0. The number of hydrogen-bond acceptors (Lipinski definition) is 2. The minimum Gasteiger partial charge on any atom is -0.481 e. The van der Waals surface area contributed by atoms with Crippen molar-refractivity contribution in [3.05, 3.63) is 35.9 Å². The summed E-state index contributed by atoms with van der Waals surface area (Å²) in [6.07, 6.45) is 3.33. The number of rotatable bonds is 4. The SMILES string of the molecule is CC1(C)CCC(CC(C)(O)c2ccccc2)(C(=O)O)CC1. The van der Waals surface area contributed by atoms with Crippen LogP contribution >= 0.6 is 0 Å². The van der Waals surface area contributed by atoms with Gasteiger partial charge in [-0.15, -0.1) is 0 Å². The molecule has 1 aromatic rings. The van der Waals surface area contributed by atoms with E-state index in [9.17, 15) is 15.0 Å². The number of carboxylic acids is 1. The molecule has 0 radical (unpaired) electrons. The van der Waals surface area contributed by atoms with Crippen LogP contribution in [0.2, 0.25) is 0 Å². The average Bonchev–Trinajstić information content (AvgIpc) is 2.42. The van der Waals surface area contributed by atoms with Gasteiger partial charge in [-0.1, -0.05) is 44.2 Å². The van der Waals surface area contributed by atoms with Gasteiger partial charge in [0.05, 0.1) is 11.0 Å². The molecule has 2 rings (SSSR count). The van der Waals surface area contributed by atoms with E-state index in [2.05, 4.69) is 13.8 Å². The lowest BCUT2D eigenvalue weighted by atomic mass is 9.61. The Bertz CT molecular complexity index is 492. The van der Waals surface area contributed by atoms with Crippen molar-refractivity contribution in [3.8, 4) is 0 Å². The standard InChI is InChI=1S/C18H26O3/c1-16(2)9-11-18(12-10-16,15(19)20)13-17(3,21)14-7-5-4-6-8-14/h4-8,21H,9-13H2,1-3H3,(H,19,20). The highest BCUT2D eigenvalue weighted by Gasteiger charge is 2.48. The summed E-state index contributed by atoms with van der Waals surface area (Å²) in [4.78, 5) is 11.9. The highest BCUT2D eigenvalue weighted by molar-refractivity contribution is 5.75. The van der Waals surface area contributed by atoms with Gasteiger partial charge in [0.25, 0.3) is 0 Å². The number of benzene rings is 1. The van der Waals surface area contributed by atoms with Crippen molar-refractivity contribution in [1.82, 2.24) is 0 Å². The summed E-state index contributed by atoms with van der Waals surface area (Å²) in [5.74, 6) is -0.769. The molecule has 3 heteroatoms.